The topological polar surface area (TPSA) is 52.6 Å². The van der Waals surface area contributed by atoms with Gasteiger partial charge in [0.2, 0.25) is 5.91 Å². The average Bonchev–Trinajstić information content (AvgIpc) is 2.66. The molecule has 1 aliphatic carbocycles. The van der Waals surface area contributed by atoms with Crippen LogP contribution >= 0.6 is 0 Å². The molecule has 0 aromatic carbocycles. The summed E-state index contributed by atoms with van der Waals surface area (Å²) in [5.41, 5.74) is -0.169. The van der Waals surface area contributed by atoms with Crippen LogP contribution in [0.3, 0.4) is 0 Å². The monoisotopic (exact) mass is 296 g/mol. The largest absolute Gasteiger partial charge is 0.393 e. The number of rotatable bonds is 4. The van der Waals surface area contributed by atoms with Crippen LogP contribution in [0.25, 0.3) is 0 Å². The maximum absolute atomic E-state index is 12.4. The molecule has 0 atom stereocenters. The first kappa shape index (κ1) is 16.8. The maximum Gasteiger partial charge on any atom is 0.223 e. The first-order chi connectivity index (χ1) is 9.96. The summed E-state index contributed by atoms with van der Waals surface area (Å²) in [6.45, 7) is 7.53. The molecule has 1 saturated carbocycles. The molecule has 0 spiro atoms. The van der Waals surface area contributed by atoms with Gasteiger partial charge in [-0.2, -0.15) is 0 Å². The third-order valence-corrected chi connectivity index (χ3v) is 4.85. The minimum atomic E-state index is -0.195. The summed E-state index contributed by atoms with van der Waals surface area (Å²) in [4.78, 5) is 14.9. The van der Waals surface area contributed by atoms with Crippen molar-refractivity contribution in [3.8, 4) is 0 Å². The van der Waals surface area contributed by atoms with Gasteiger partial charge >= 0.3 is 0 Å². The van der Waals surface area contributed by atoms with E-state index < -0.39 is 0 Å². The summed E-state index contributed by atoms with van der Waals surface area (Å²) < 4.78 is 0. The van der Waals surface area contributed by atoms with Crippen LogP contribution in [0.5, 0.6) is 0 Å². The molecule has 1 heterocycles. The number of carbonyl (C=O) groups is 1. The lowest BCUT2D eigenvalue weighted by Crippen LogP contribution is -2.53. The Hall–Kier alpha value is -0.610. The van der Waals surface area contributed by atoms with Crippen molar-refractivity contribution in [3.05, 3.63) is 0 Å². The van der Waals surface area contributed by atoms with Gasteiger partial charge in [0.25, 0.3) is 0 Å². The summed E-state index contributed by atoms with van der Waals surface area (Å²) in [6.07, 6.45) is 8.24. The molecule has 0 bridgehead atoms. The van der Waals surface area contributed by atoms with Crippen LogP contribution in [0.4, 0.5) is 0 Å². The van der Waals surface area contributed by atoms with Gasteiger partial charge < -0.3 is 15.3 Å². The van der Waals surface area contributed by atoms with Crippen molar-refractivity contribution < 1.29 is 9.90 Å². The minimum absolute atomic E-state index is 0.0943. The summed E-state index contributed by atoms with van der Waals surface area (Å²) in [7, 11) is 0. The van der Waals surface area contributed by atoms with E-state index >= 15 is 0 Å². The molecule has 2 fully saturated rings. The number of carbonyl (C=O) groups excluding carboxylic acids is 1. The number of aliphatic hydroxyl groups excluding tert-OH is 1. The summed E-state index contributed by atoms with van der Waals surface area (Å²) in [6, 6.07) is 0. The van der Waals surface area contributed by atoms with Gasteiger partial charge in [-0.25, -0.2) is 0 Å². The van der Waals surface area contributed by atoms with Gasteiger partial charge in [-0.15, -0.1) is 0 Å². The van der Waals surface area contributed by atoms with E-state index in [1.54, 1.807) is 0 Å². The summed E-state index contributed by atoms with van der Waals surface area (Å²) in [5.74, 6) is 0.276. The Labute approximate surface area is 129 Å². The zero-order chi connectivity index (χ0) is 15.3. The zero-order valence-electron chi connectivity index (χ0n) is 13.7. The van der Waals surface area contributed by atoms with Crippen LogP contribution < -0.4 is 5.32 Å². The van der Waals surface area contributed by atoms with Gasteiger partial charge in [-0.1, -0.05) is 12.8 Å². The highest BCUT2D eigenvalue weighted by molar-refractivity contribution is 5.79. The molecule has 2 N–H and O–H groups in total. The van der Waals surface area contributed by atoms with Crippen LogP contribution in [0, 0.1) is 5.92 Å². The number of nitrogens with one attached hydrogen (secondary N) is 1. The molecule has 1 aliphatic heterocycles. The van der Waals surface area contributed by atoms with Crippen molar-refractivity contribution in [2.24, 2.45) is 5.92 Å². The first-order valence-corrected chi connectivity index (χ1v) is 8.69. The highest BCUT2D eigenvalue weighted by Gasteiger charge is 2.30. The number of nitrogens with zero attached hydrogens (tertiary/aromatic N) is 1. The molecule has 2 aliphatic rings. The number of likely N-dealkylation sites (tertiary alicyclic amines) is 1. The molecule has 122 valence electrons. The SMILES string of the molecule is CC(C)(CN1CCCCCC1)NC(=O)C1CCC(O)CC1. The molecule has 0 radical (unpaired) electrons. The van der Waals surface area contributed by atoms with E-state index in [4.69, 9.17) is 0 Å². The van der Waals surface area contributed by atoms with Crippen LogP contribution in [-0.2, 0) is 4.79 Å². The fourth-order valence-corrected chi connectivity index (χ4v) is 3.67. The second-order valence-electron chi connectivity index (χ2n) is 7.57. The van der Waals surface area contributed by atoms with Gasteiger partial charge in [0.15, 0.2) is 0 Å². The fraction of sp³-hybridized carbons (Fsp3) is 0.941. The van der Waals surface area contributed by atoms with Crippen molar-refractivity contribution in [1.29, 1.82) is 0 Å². The molecule has 0 unspecified atom stereocenters. The molecule has 0 aromatic rings. The fourth-order valence-electron chi connectivity index (χ4n) is 3.67. The predicted molar refractivity (Wildman–Crippen MR) is 85.1 cm³/mol. The molecule has 0 aromatic heterocycles. The van der Waals surface area contributed by atoms with Crippen molar-refractivity contribution in [3.63, 3.8) is 0 Å². The highest BCUT2D eigenvalue weighted by atomic mass is 16.3. The number of hydrogen-bond donors (Lipinski definition) is 2. The quantitative estimate of drug-likeness (QED) is 0.837. The highest BCUT2D eigenvalue weighted by Crippen LogP contribution is 2.25. The Bertz CT molecular complexity index is 328. The van der Waals surface area contributed by atoms with E-state index in [9.17, 15) is 9.90 Å². The molecule has 21 heavy (non-hydrogen) atoms. The lowest BCUT2D eigenvalue weighted by atomic mass is 9.86. The predicted octanol–water partition coefficient (Wildman–Crippen LogP) is 2.31. The van der Waals surface area contributed by atoms with E-state index in [1.807, 2.05) is 0 Å². The second kappa shape index (κ2) is 7.59. The Morgan fingerprint density at radius 1 is 1.10 bits per heavy atom. The van der Waals surface area contributed by atoms with Gasteiger partial charge in [-0.05, 0) is 65.5 Å². The van der Waals surface area contributed by atoms with Gasteiger partial charge in [0, 0.05) is 18.0 Å². The Morgan fingerprint density at radius 2 is 1.67 bits per heavy atom. The van der Waals surface area contributed by atoms with Crippen molar-refractivity contribution in [2.45, 2.75) is 76.9 Å². The smallest absolute Gasteiger partial charge is 0.223 e. The van der Waals surface area contributed by atoms with E-state index in [1.165, 1.54) is 25.7 Å². The molecule has 1 saturated heterocycles. The van der Waals surface area contributed by atoms with Crippen molar-refractivity contribution >= 4 is 5.91 Å². The van der Waals surface area contributed by atoms with Crippen LogP contribution in [-0.4, -0.2) is 47.2 Å². The van der Waals surface area contributed by atoms with Gasteiger partial charge in [0.05, 0.1) is 6.10 Å². The molecular formula is C17H32N2O2. The maximum atomic E-state index is 12.4. The van der Waals surface area contributed by atoms with E-state index in [-0.39, 0.29) is 23.5 Å². The van der Waals surface area contributed by atoms with Crippen LogP contribution in [0.1, 0.15) is 65.2 Å². The minimum Gasteiger partial charge on any atom is -0.393 e. The number of hydrogen-bond acceptors (Lipinski definition) is 3. The number of aliphatic hydroxyl groups is 1. The van der Waals surface area contributed by atoms with E-state index in [2.05, 4.69) is 24.1 Å². The summed E-state index contributed by atoms with van der Waals surface area (Å²) >= 11 is 0. The van der Waals surface area contributed by atoms with Crippen molar-refractivity contribution in [1.82, 2.24) is 10.2 Å². The Morgan fingerprint density at radius 3 is 2.24 bits per heavy atom. The molecule has 2 rings (SSSR count). The lowest BCUT2D eigenvalue weighted by molar-refractivity contribution is -0.128. The lowest BCUT2D eigenvalue weighted by Gasteiger charge is -2.35. The van der Waals surface area contributed by atoms with Crippen LogP contribution in [0.15, 0.2) is 0 Å². The molecule has 4 heteroatoms. The average molecular weight is 296 g/mol. The third kappa shape index (κ3) is 5.59. The molecule has 1 amide bonds. The Kier molecular flexibility index (Phi) is 6.06. The standard InChI is InChI=1S/C17H32N2O2/c1-17(2,13-19-11-5-3-4-6-12-19)18-16(21)14-7-9-15(20)10-8-14/h14-15,20H,3-13H2,1-2H3,(H,18,21). The normalized spacial score (nSPS) is 28.9. The first-order valence-electron chi connectivity index (χ1n) is 8.69. The molecule has 4 nitrogen and oxygen atoms in total. The van der Waals surface area contributed by atoms with Crippen molar-refractivity contribution in [2.75, 3.05) is 19.6 Å². The van der Waals surface area contributed by atoms with Gasteiger partial charge in [-0.3, -0.25) is 4.79 Å². The Balaban J connectivity index is 1.80. The summed E-state index contributed by atoms with van der Waals surface area (Å²) in [5, 5.41) is 12.8. The third-order valence-electron chi connectivity index (χ3n) is 4.85. The molecular weight excluding hydrogens is 264 g/mol. The van der Waals surface area contributed by atoms with Gasteiger partial charge in [0.1, 0.15) is 0 Å². The zero-order valence-corrected chi connectivity index (χ0v) is 13.7. The van der Waals surface area contributed by atoms with E-state index in [0.29, 0.717) is 0 Å². The van der Waals surface area contributed by atoms with E-state index in [0.717, 1.165) is 45.3 Å². The second-order valence-corrected chi connectivity index (χ2v) is 7.57. The van der Waals surface area contributed by atoms with Crippen LogP contribution in [0.2, 0.25) is 0 Å². The number of amides is 1.